The predicted molar refractivity (Wildman–Crippen MR) is 93.2 cm³/mol. The van der Waals surface area contributed by atoms with Gasteiger partial charge in [-0.05, 0) is 25.0 Å². The summed E-state index contributed by atoms with van der Waals surface area (Å²) in [6.07, 6.45) is 4.74. The number of aromatic carboxylic acids is 1. The number of pyridine rings is 1. The van der Waals surface area contributed by atoms with Crippen molar-refractivity contribution in [3.05, 3.63) is 57.5 Å². The molecule has 3 aromatic rings. The molecule has 1 fully saturated rings. The third-order valence-corrected chi connectivity index (χ3v) is 4.71. The number of aromatic amines is 1. The van der Waals surface area contributed by atoms with Crippen molar-refractivity contribution < 1.29 is 28.3 Å². The highest BCUT2D eigenvalue weighted by atomic mass is 19.1. The van der Waals surface area contributed by atoms with Gasteiger partial charge in [-0.3, -0.25) is 14.4 Å². The summed E-state index contributed by atoms with van der Waals surface area (Å²) in [5, 5.41) is 8.83. The number of aromatic nitrogens is 2. The Labute approximate surface area is 155 Å². The van der Waals surface area contributed by atoms with E-state index < -0.39 is 45.3 Å². The van der Waals surface area contributed by atoms with E-state index in [2.05, 4.69) is 4.98 Å². The van der Waals surface area contributed by atoms with Crippen molar-refractivity contribution in [2.24, 2.45) is 0 Å². The number of rotatable bonds is 5. The number of nitrogens with one attached hydrogen (secondary N) is 1. The maximum atomic E-state index is 15.4. The van der Waals surface area contributed by atoms with Gasteiger partial charge in [0.15, 0.2) is 5.82 Å². The zero-order valence-corrected chi connectivity index (χ0v) is 14.1. The van der Waals surface area contributed by atoms with E-state index in [0.717, 1.165) is 18.5 Å². The Morgan fingerprint density at radius 2 is 1.96 bits per heavy atom. The predicted octanol–water partition coefficient (Wildman–Crippen LogP) is 2.60. The van der Waals surface area contributed by atoms with E-state index >= 15 is 4.39 Å². The van der Waals surface area contributed by atoms with Crippen LogP contribution in [-0.4, -0.2) is 32.7 Å². The highest BCUT2D eigenvalue weighted by molar-refractivity contribution is 6.35. The topological polar surface area (TPSA) is 109 Å². The molecule has 0 amide bonds. The van der Waals surface area contributed by atoms with Crippen LogP contribution in [0.15, 0.2) is 29.3 Å². The number of H-pyrrole nitrogens is 1. The zero-order valence-electron chi connectivity index (χ0n) is 14.1. The van der Waals surface area contributed by atoms with Gasteiger partial charge >= 0.3 is 5.97 Å². The number of benzene rings is 1. The normalized spacial score (nSPS) is 13.6. The van der Waals surface area contributed by atoms with Gasteiger partial charge in [0.2, 0.25) is 11.2 Å². The van der Waals surface area contributed by atoms with E-state index in [1.807, 2.05) is 0 Å². The maximum Gasteiger partial charge on any atom is 0.341 e. The molecule has 7 nitrogen and oxygen atoms in total. The molecular formula is C19H11F2N2O5. The molecule has 2 N–H and O–H groups in total. The molecule has 0 atom stereocenters. The van der Waals surface area contributed by atoms with Crippen molar-refractivity contribution in [1.82, 2.24) is 9.55 Å². The van der Waals surface area contributed by atoms with Crippen molar-refractivity contribution in [3.63, 3.8) is 0 Å². The molecule has 1 aliphatic carbocycles. The van der Waals surface area contributed by atoms with E-state index in [1.54, 1.807) is 0 Å². The van der Waals surface area contributed by atoms with Crippen LogP contribution in [-0.2, 0) is 4.79 Å². The maximum absolute atomic E-state index is 15.4. The average Bonchev–Trinajstić information content (AvgIpc) is 3.39. The SMILES string of the molecule is O=[C]C(=O)c1cc[nH]c1-c1c(F)cc2c(=O)c(C(=O)O)cn(C3CC3)c2c1F. The van der Waals surface area contributed by atoms with E-state index in [-0.39, 0.29) is 22.8 Å². The molecule has 141 valence electrons. The van der Waals surface area contributed by atoms with Gasteiger partial charge in [0.05, 0.1) is 27.7 Å². The van der Waals surface area contributed by atoms with Crippen molar-refractivity contribution in [1.29, 1.82) is 0 Å². The molecule has 0 aliphatic heterocycles. The number of carbonyl (C=O) groups is 2. The molecule has 1 aromatic carbocycles. The van der Waals surface area contributed by atoms with Gasteiger partial charge in [-0.1, -0.05) is 0 Å². The smallest absolute Gasteiger partial charge is 0.341 e. The third kappa shape index (κ3) is 2.55. The standard InChI is InChI=1S/C19H11F2N2O5/c20-12-5-10-17(23(8-1-2-8)6-11(18(10)26)19(27)28)15(21)14(12)16-9(3-4-22-16)13(25)7-24/h3-6,8,22H,1-2H2,(H,27,28). The summed E-state index contributed by atoms with van der Waals surface area (Å²) in [6, 6.07) is 1.72. The number of nitrogens with zero attached hydrogens (tertiary/aromatic N) is 1. The lowest BCUT2D eigenvalue weighted by Crippen LogP contribution is -2.20. The van der Waals surface area contributed by atoms with Gasteiger partial charge in [0, 0.05) is 18.4 Å². The zero-order chi connectivity index (χ0) is 20.2. The summed E-state index contributed by atoms with van der Waals surface area (Å²) >= 11 is 0. The van der Waals surface area contributed by atoms with Crippen molar-refractivity contribution in [3.8, 4) is 11.3 Å². The average molecular weight is 385 g/mol. The van der Waals surface area contributed by atoms with Crippen molar-refractivity contribution in [2.45, 2.75) is 18.9 Å². The fourth-order valence-electron chi connectivity index (χ4n) is 3.28. The lowest BCUT2D eigenvalue weighted by molar-refractivity contribution is 0.0694. The number of hydrogen-bond donors (Lipinski definition) is 2. The number of carbonyl (C=O) groups excluding carboxylic acids is 2. The largest absolute Gasteiger partial charge is 0.477 e. The minimum Gasteiger partial charge on any atom is -0.477 e. The number of fused-ring (bicyclic) bond motifs is 1. The highest BCUT2D eigenvalue weighted by Crippen LogP contribution is 2.40. The molecule has 0 spiro atoms. The summed E-state index contributed by atoms with van der Waals surface area (Å²) in [6.45, 7) is 0. The second-order valence-corrected chi connectivity index (χ2v) is 6.46. The summed E-state index contributed by atoms with van der Waals surface area (Å²) < 4.78 is 31.5. The Morgan fingerprint density at radius 3 is 2.57 bits per heavy atom. The number of hydrogen-bond acceptors (Lipinski definition) is 4. The molecule has 9 heteroatoms. The van der Waals surface area contributed by atoms with Gasteiger partial charge in [0.25, 0.3) is 6.29 Å². The molecule has 1 aliphatic rings. The second-order valence-electron chi connectivity index (χ2n) is 6.46. The van der Waals surface area contributed by atoms with Crippen LogP contribution in [0.2, 0.25) is 0 Å². The van der Waals surface area contributed by atoms with Crippen LogP contribution in [0.5, 0.6) is 0 Å². The molecule has 0 bridgehead atoms. The lowest BCUT2D eigenvalue weighted by atomic mass is 10.0. The van der Waals surface area contributed by atoms with Gasteiger partial charge in [0.1, 0.15) is 11.4 Å². The van der Waals surface area contributed by atoms with Crippen LogP contribution in [0.25, 0.3) is 22.2 Å². The number of halogens is 2. The third-order valence-electron chi connectivity index (χ3n) is 4.71. The molecule has 2 aromatic heterocycles. The first-order valence-electron chi connectivity index (χ1n) is 8.25. The number of ketones is 1. The van der Waals surface area contributed by atoms with E-state index in [1.165, 1.54) is 16.8 Å². The van der Waals surface area contributed by atoms with Crippen LogP contribution in [0, 0.1) is 11.6 Å². The van der Waals surface area contributed by atoms with Gasteiger partial charge in [-0.25, -0.2) is 13.6 Å². The molecule has 2 heterocycles. The van der Waals surface area contributed by atoms with Crippen molar-refractivity contribution >= 4 is 28.9 Å². The Bertz CT molecular complexity index is 1240. The fraction of sp³-hybridized carbons (Fsp3) is 0.158. The Hall–Kier alpha value is -3.62. The Balaban J connectivity index is 2.11. The Morgan fingerprint density at radius 1 is 1.25 bits per heavy atom. The minimum atomic E-state index is -1.50. The molecule has 1 saturated carbocycles. The molecule has 0 unspecified atom stereocenters. The van der Waals surface area contributed by atoms with E-state index in [9.17, 15) is 28.7 Å². The van der Waals surface area contributed by atoms with Crippen LogP contribution in [0.1, 0.15) is 39.6 Å². The van der Waals surface area contributed by atoms with Gasteiger partial charge in [-0.15, -0.1) is 0 Å². The second kappa shape index (κ2) is 6.22. The first kappa shape index (κ1) is 17.8. The molecular weight excluding hydrogens is 374 g/mol. The first-order valence-corrected chi connectivity index (χ1v) is 8.25. The summed E-state index contributed by atoms with van der Waals surface area (Å²) in [7, 11) is 0. The first-order chi connectivity index (χ1) is 13.3. The monoisotopic (exact) mass is 385 g/mol. The lowest BCUT2D eigenvalue weighted by Gasteiger charge is -2.15. The van der Waals surface area contributed by atoms with Crippen LogP contribution in [0.3, 0.4) is 0 Å². The van der Waals surface area contributed by atoms with Crippen molar-refractivity contribution in [2.75, 3.05) is 0 Å². The number of carboxylic acid groups (broad SMARTS) is 1. The van der Waals surface area contributed by atoms with Crippen LogP contribution in [0.4, 0.5) is 8.78 Å². The molecule has 1 radical (unpaired) electrons. The number of Topliss-reactive ketones (excluding diaryl/α,β-unsaturated/α-hetero) is 1. The van der Waals surface area contributed by atoms with Crippen LogP contribution >= 0.6 is 0 Å². The summed E-state index contributed by atoms with van der Waals surface area (Å²) in [5.41, 5.74) is -2.99. The van der Waals surface area contributed by atoms with Gasteiger partial charge in [-0.2, -0.15) is 0 Å². The Kier molecular flexibility index (Phi) is 3.95. The molecule has 0 saturated heterocycles. The van der Waals surface area contributed by atoms with E-state index in [0.29, 0.717) is 12.8 Å². The minimum absolute atomic E-state index is 0.220. The summed E-state index contributed by atoms with van der Waals surface area (Å²) in [5.74, 6) is -4.88. The molecule has 4 rings (SSSR count). The fourth-order valence-corrected chi connectivity index (χ4v) is 3.28. The highest BCUT2D eigenvalue weighted by Gasteiger charge is 2.31. The molecule has 28 heavy (non-hydrogen) atoms. The number of carboxylic acids is 1. The summed E-state index contributed by atoms with van der Waals surface area (Å²) in [4.78, 5) is 48.7. The van der Waals surface area contributed by atoms with E-state index in [4.69, 9.17) is 0 Å². The van der Waals surface area contributed by atoms with Gasteiger partial charge < -0.3 is 14.7 Å². The quantitative estimate of drug-likeness (QED) is 0.518. The van der Waals surface area contributed by atoms with Crippen LogP contribution < -0.4 is 5.43 Å².